The summed E-state index contributed by atoms with van der Waals surface area (Å²) >= 11 is 0. The van der Waals surface area contributed by atoms with Gasteiger partial charge in [0.05, 0.1) is 11.3 Å². The number of halogens is 3. The van der Waals surface area contributed by atoms with Crippen LogP contribution in [0.25, 0.3) is 0 Å². The van der Waals surface area contributed by atoms with Gasteiger partial charge >= 0.3 is 0 Å². The summed E-state index contributed by atoms with van der Waals surface area (Å²) in [5.41, 5.74) is 4.28. The Hall–Kier alpha value is -2.70. The Balaban J connectivity index is 2.36. The molecule has 0 aliphatic rings. The monoisotopic (exact) mass is 282 g/mol. The van der Waals surface area contributed by atoms with Crippen LogP contribution in [0.2, 0.25) is 0 Å². The molecular weight excluding hydrogens is 273 g/mol. The molecule has 0 fully saturated rings. The molecule has 20 heavy (non-hydrogen) atoms. The third-order valence-corrected chi connectivity index (χ3v) is 2.56. The fraction of sp³-hybridized carbons (Fsp3) is 0. The molecule has 2 aromatic rings. The van der Waals surface area contributed by atoms with E-state index in [1.165, 1.54) is 18.2 Å². The van der Waals surface area contributed by atoms with E-state index in [0.29, 0.717) is 12.1 Å². The molecule has 7 heteroatoms. The van der Waals surface area contributed by atoms with Gasteiger partial charge in [0.15, 0.2) is 17.4 Å². The second kappa shape index (κ2) is 5.12. The molecule has 0 aliphatic heterocycles. The smallest absolute Gasteiger partial charge is 0.259 e. The van der Waals surface area contributed by atoms with E-state index in [0.717, 1.165) is 0 Å². The van der Waals surface area contributed by atoms with E-state index in [-0.39, 0.29) is 11.3 Å². The number of amides is 1. The lowest BCUT2D eigenvalue weighted by Crippen LogP contribution is -2.15. The SMILES string of the molecule is Nc1cccc(C(=O)Nc2c(F)cc(F)cc2F)c1O. The largest absolute Gasteiger partial charge is 0.505 e. The second-order valence-corrected chi connectivity index (χ2v) is 3.94. The Bertz CT molecular complexity index is 666. The van der Waals surface area contributed by atoms with Crippen LogP contribution in [0.4, 0.5) is 24.5 Å². The molecule has 0 unspecified atom stereocenters. The first-order chi connectivity index (χ1) is 9.40. The lowest BCUT2D eigenvalue weighted by Gasteiger charge is -2.09. The van der Waals surface area contributed by atoms with Gasteiger partial charge in [-0.05, 0) is 12.1 Å². The molecule has 0 radical (unpaired) electrons. The van der Waals surface area contributed by atoms with Crippen molar-refractivity contribution in [2.24, 2.45) is 0 Å². The van der Waals surface area contributed by atoms with Gasteiger partial charge in [0.1, 0.15) is 11.5 Å². The zero-order valence-corrected chi connectivity index (χ0v) is 9.95. The summed E-state index contributed by atoms with van der Waals surface area (Å²) in [5.74, 6) is -5.12. The van der Waals surface area contributed by atoms with Gasteiger partial charge in [0.2, 0.25) is 0 Å². The summed E-state index contributed by atoms with van der Waals surface area (Å²) in [6.07, 6.45) is 0. The van der Waals surface area contributed by atoms with Crippen molar-refractivity contribution < 1.29 is 23.1 Å². The highest BCUT2D eigenvalue weighted by molar-refractivity contribution is 6.07. The molecule has 0 atom stereocenters. The van der Waals surface area contributed by atoms with E-state index in [2.05, 4.69) is 0 Å². The zero-order chi connectivity index (χ0) is 14.9. The zero-order valence-electron chi connectivity index (χ0n) is 9.95. The third-order valence-electron chi connectivity index (χ3n) is 2.56. The van der Waals surface area contributed by atoms with E-state index in [9.17, 15) is 23.1 Å². The van der Waals surface area contributed by atoms with Crippen LogP contribution in [0.5, 0.6) is 5.75 Å². The first-order valence-electron chi connectivity index (χ1n) is 5.43. The van der Waals surface area contributed by atoms with E-state index >= 15 is 0 Å². The number of carbonyl (C=O) groups is 1. The Labute approximate surface area is 111 Å². The molecule has 2 aromatic carbocycles. The molecule has 4 N–H and O–H groups in total. The lowest BCUT2D eigenvalue weighted by atomic mass is 10.1. The van der Waals surface area contributed by atoms with Gasteiger partial charge in [-0.2, -0.15) is 0 Å². The average molecular weight is 282 g/mol. The average Bonchev–Trinajstić information content (AvgIpc) is 2.36. The van der Waals surface area contributed by atoms with Crippen molar-refractivity contribution in [3.8, 4) is 5.75 Å². The molecule has 104 valence electrons. The van der Waals surface area contributed by atoms with E-state index < -0.39 is 34.8 Å². The first kappa shape index (κ1) is 13.7. The van der Waals surface area contributed by atoms with E-state index in [1.807, 2.05) is 5.32 Å². The van der Waals surface area contributed by atoms with Gasteiger partial charge in [0.25, 0.3) is 5.91 Å². The van der Waals surface area contributed by atoms with Crippen LogP contribution in [-0.2, 0) is 0 Å². The molecule has 0 saturated carbocycles. The second-order valence-electron chi connectivity index (χ2n) is 3.94. The maximum absolute atomic E-state index is 13.4. The number of nitrogens with one attached hydrogen (secondary N) is 1. The number of para-hydroxylation sites is 1. The minimum atomic E-state index is -1.26. The van der Waals surface area contributed by atoms with Gasteiger partial charge in [-0.1, -0.05) is 6.07 Å². The van der Waals surface area contributed by atoms with Crippen LogP contribution in [-0.4, -0.2) is 11.0 Å². The number of hydrogen-bond acceptors (Lipinski definition) is 3. The molecular formula is C13H9F3N2O2. The maximum Gasteiger partial charge on any atom is 0.259 e. The van der Waals surface area contributed by atoms with Crippen molar-refractivity contribution in [2.75, 3.05) is 11.1 Å². The van der Waals surface area contributed by atoms with E-state index in [4.69, 9.17) is 5.73 Å². The minimum Gasteiger partial charge on any atom is -0.505 e. The Morgan fingerprint density at radius 2 is 1.75 bits per heavy atom. The summed E-state index contributed by atoms with van der Waals surface area (Å²) in [6, 6.07) is 4.82. The number of rotatable bonds is 2. The highest BCUT2D eigenvalue weighted by atomic mass is 19.1. The van der Waals surface area contributed by atoms with Crippen molar-refractivity contribution in [2.45, 2.75) is 0 Å². The molecule has 0 aliphatic carbocycles. The number of anilines is 2. The molecule has 2 rings (SSSR count). The lowest BCUT2D eigenvalue weighted by molar-refractivity contribution is 0.102. The maximum atomic E-state index is 13.4. The Morgan fingerprint density at radius 1 is 1.15 bits per heavy atom. The topological polar surface area (TPSA) is 75.4 Å². The number of nitrogen functional groups attached to an aromatic ring is 1. The summed E-state index contributed by atoms with van der Waals surface area (Å²) in [7, 11) is 0. The third kappa shape index (κ3) is 2.51. The van der Waals surface area contributed by atoms with Crippen molar-refractivity contribution in [1.82, 2.24) is 0 Å². The van der Waals surface area contributed by atoms with Crippen molar-refractivity contribution in [3.05, 3.63) is 53.3 Å². The normalized spacial score (nSPS) is 10.3. The standard InChI is InChI=1S/C13H9F3N2O2/c14-6-4-8(15)11(9(16)5-6)18-13(20)7-2-1-3-10(17)12(7)19/h1-5,19H,17H2,(H,18,20). The number of phenols is 1. The fourth-order valence-electron chi connectivity index (χ4n) is 1.59. The predicted octanol–water partition coefficient (Wildman–Crippen LogP) is 2.64. The summed E-state index contributed by atoms with van der Waals surface area (Å²) < 4.78 is 39.5. The number of hydrogen-bond donors (Lipinski definition) is 3. The van der Waals surface area contributed by atoms with Gasteiger partial charge in [0, 0.05) is 12.1 Å². The highest BCUT2D eigenvalue weighted by Gasteiger charge is 2.18. The number of aromatic hydroxyl groups is 1. The predicted molar refractivity (Wildman–Crippen MR) is 66.8 cm³/mol. The van der Waals surface area contributed by atoms with Gasteiger partial charge < -0.3 is 16.2 Å². The number of nitrogens with two attached hydrogens (primary N) is 1. The van der Waals surface area contributed by atoms with E-state index in [1.54, 1.807) is 0 Å². The number of carbonyl (C=O) groups excluding carboxylic acids is 1. The van der Waals surface area contributed by atoms with Gasteiger partial charge in [-0.25, -0.2) is 13.2 Å². The number of phenolic OH excluding ortho intramolecular Hbond substituents is 1. The molecule has 0 spiro atoms. The fourth-order valence-corrected chi connectivity index (χ4v) is 1.59. The highest BCUT2D eigenvalue weighted by Crippen LogP contribution is 2.26. The van der Waals surface area contributed by atoms with Gasteiger partial charge in [-0.3, -0.25) is 4.79 Å². The molecule has 0 aromatic heterocycles. The van der Waals surface area contributed by atoms with Crippen LogP contribution >= 0.6 is 0 Å². The quantitative estimate of drug-likeness (QED) is 0.585. The van der Waals surface area contributed by atoms with Crippen molar-refractivity contribution in [1.29, 1.82) is 0 Å². The van der Waals surface area contributed by atoms with Gasteiger partial charge in [-0.15, -0.1) is 0 Å². The minimum absolute atomic E-state index is 0.0577. The van der Waals surface area contributed by atoms with Crippen LogP contribution in [0.1, 0.15) is 10.4 Å². The van der Waals surface area contributed by atoms with Crippen molar-refractivity contribution >= 4 is 17.3 Å². The molecule has 1 amide bonds. The number of benzene rings is 2. The molecule has 0 saturated heterocycles. The van der Waals surface area contributed by atoms with Crippen LogP contribution < -0.4 is 11.1 Å². The Kier molecular flexibility index (Phi) is 3.51. The summed E-state index contributed by atoms with van der Waals surface area (Å²) in [5, 5.41) is 11.5. The Morgan fingerprint density at radius 3 is 2.35 bits per heavy atom. The molecule has 0 bridgehead atoms. The van der Waals surface area contributed by atoms with Crippen molar-refractivity contribution in [3.63, 3.8) is 0 Å². The molecule has 0 heterocycles. The first-order valence-corrected chi connectivity index (χ1v) is 5.43. The van der Waals surface area contributed by atoms with Crippen LogP contribution in [0.3, 0.4) is 0 Å². The summed E-state index contributed by atoms with van der Waals surface area (Å²) in [6.45, 7) is 0. The summed E-state index contributed by atoms with van der Waals surface area (Å²) in [4.78, 5) is 11.8. The molecule has 4 nitrogen and oxygen atoms in total. The van der Waals surface area contributed by atoms with Crippen LogP contribution in [0, 0.1) is 17.5 Å². The van der Waals surface area contributed by atoms with Crippen LogP contribution in [0.15, 0.2) is 30.3 Å².